The topological polar surface area (TPSA) is 98.8 Å². The minimum atomic E-state index is -3.46. The van der Waals surface area contributed by atoms with Crippen LogP contribution in [0.1, 0.15) is 80.1 Å². The first-order chi connectivity index (χ1) is 20.7. The molecule has 47 heavy (non-hydrogen) atoms. The average Bonchev–Trinajstić information content (AvgIpc) is 2.76. The lowest BCUT2D eigenvalue weighted by molar-refractivity contribution is -0.145. The van der Waals surface area contributed by atoms with E-state index in [-0.39, 0.29) is 36.0 Å². The molecule has 0 aliphatic rings. The first-order valence-electron chi connectivity index (χ1n) is 17.6. The molecule has 0 saturated carbocycles. The molecule has 0 bridgehead atoms. The van der Waals surface area contributed by atoms with Gasteiger partial charge in [0.15, 0.2) is 33.3 Å². The molecule has 0 aromatic rings. The van der Waals surface area contributed by atoms with Crippen molar-refractivity contribution in [2.45, 2.75) is 171 Å². The third-order valence-corrected chi connectivity index (χ3v) is 25.3. The largest absolute Gasteiger partial charge is 0.472 e. The van der Waals surface area contributed by atoms with Gasteiger partial charge in [-0.05, 0) is 115 Å². The third-order valence-electron chi connectivity index (χ3n) is 6.10. The van der Waals surface area contributed by atoms with Crippen LogP contribution in [-0.2, 0) is 39.6 Å². The van der Waals surface area contributed by atoms with Crippen molar-refractivity contribution in [3.8, 4) is 0 Å². The molecule has 9 nitrogen and oxygen atoms in total. The van der Waals surface area contributed by atoms with E-state index in [4.69, 9.17) is 30.0 Å². The number of ether oxygens (including phenoxy) is 2. The minimum absolute atomic E-state index is 0.0662. The van der Waals surface area contributed by atoms with E-state index >= 15 is 0 Å². The van der Waals surface area contributed by atoms with Gasteiger partial charge in [-0.15, -0.1) is 0 Å². The molecule has 0 spiro atoms. The summed E-state index contributed by atoms with van der Waals surface area (Å²) in [5.74, 6) is -0.370. The molecule has 0 unspecified atom stereocenters. The highest BCUT2D eigenvalue weighted by molar-refractivity contribution is 6.92. The molecular weight excluding hydrogens is 697 g/mol. The van der Waals surface area contributed by atoms with Crippen molar-refractivity contribution in [3.05, 3.63) is 0 Å². The predicted molar refractivity (Wildman–Crippen MR) is 208 cm³/mol. The normalized spacial score (nSPS) is 14.3. The minimum Gasteiger partial charge on any atom is -0.466 e. The number of carbonyl (C=O) groups excluding carboxylic acids is 2. The summed E-state index contributed by atoms with van der Waals surface area (Å²) in [7, 11) is -15.8. The average molecular weight is 771 g/mol. The van der Waals surface area contributed by atoms with E-state index in [0.29, 0.717) is 37.8 Å². The monoisotopic (exact) mass is 770 g/mol. The summed E-state index contributed by atoms with van der Waals surface area (Å²) in [6.45, 7) is 39.1. The highest BCUT2D eigenvalue weighted by Crippen LogP contribution is 2.36. The van der Waals surface area contributed by atoms with Gasteiger partial charge in [0.05, 0.1) is 13.2 Å². The maximum atomic E-state index is 12.5. The second-order valence-electron chi connectivity index (χ2n) is 19.1. The van der Waals surface area contributed by atoms with Crippen molar-refractivity contribution in [1.82, 2.24) is 0 Å². The first kappa shape index (κ1) is 47.0. The Hall–Kier alpha value is 0.0413. The molecule has 0 amide bonds. The van der Waals surface area contributed by atoms with Crippen molar-refractivity contribution >= 4 is 62.8 Å². The van der Waals surface area contributed by atoms with Crippen LogP contribution >= 0.6 is 0 Å². The zero-order chi connectivity index (χ0) is 37.2. The Kier molecular flexibility index (Phi) is 18.5. The third kappa shape index (κ3) is 26.5. The van der Waals surface area contributed by atoms with Crippen LogP contribution in [0.25, 0.3) is 0 Å². The molecule has 0 atom stereocenters. The zero-order valence-electron chi connectivity index (χ0n) is 33.7. The molecule has 0 heterocycles. The fourth-order valence-electron chi connectivity index (χ4n) is 4.58. The number of esters is 2. The Morgan fingerprint density at radius 1 is 0.447 bits per heavy atom. The summed E-state index contributed by atoms with van der Waals surface area (Å²) in [5.41, 5.74) is 0.132. The van der Waals surface area contributed by atoms with E-state index in [2.05, 4.69) is 120 Å². The van der Waals surface area contributed by atoms with Gasteiger partial charge in [-0.1, -0.05) is 41.5 Å². The van der Waals surface area contributed by atoms with Gasteiger partial charge >= 0.3 is 29.5 Å². The molecule has 280 valence electrons. The summed E-state index contributed by atoms with van der Waals surface area (Å²) in [5, 5.41) is 0. The second-order valence-corrected chi connectivity index (χ2v) is 43.8. The van der Waals surface area contributed by atoms with Gasteiger partial charge in [0, 0.05) is 24.9 Å². The zero-order valence-corrected chi connectivity index (χ0v) is 39.7. The van der Waals surface area contributed by atoms with Gasteiger partial charge in [0.1, 0.15) is 0 Å². The van der Waals surface area contributed by atoms with Crippen LogP contribution in [0.15, 0.2) is 0 Å². The van der Waals surface area contributed by atoms with Gasteiger partial charge in [-0.2, -0.15) is 0 Å². The summed E-state index contributed by atoms with van der Waals surface area (Å²) < 4.78 is 46.9. The molecular formula is C32H74O9Si6. The lowest BCUT2D eigenvalue weighted by Gasteiger charge is -2.47. The number of hydrogen-bond donors (Lipinski definition) is 0. The maximum Gasteiger partial charge on any atom is 0.472 e. The van der Waals surface area contributed by atoms with Crippen LogP contribution in [0.2, 0.25) is 90.7 Å². The van der Waals surface area contributed by atoms with E-state index in [9.17, 15) is 9.59 Å². The number of carbonyl (C=O) groups is 2. The number of rotatable bonds is 22. The molecule has 0 rings (SSSR count). The van der Waals surface area contributed by atoms with Crippen LogP contribution in [-0.4, -0.2) is 76.0 Å². The van der Waals surface area contributed by atoms with Crippen molar-refractivity contribution in [1.29, 1.82) is 0 Å². The van der Waals surface area contributed by atoms with Gasteiger partial charge in [0.2, 0.25) is 0 Å². The first-order valence-corrected chi connectivity index (χ1v) is 35.1. The smallest absolute Gasteiger partial charge is 0.466 e. The van der Waals surface area contributed by atoms with Crippen LogP contribution in [0.4, 0.5) is 0 Å². The van der Waals surface area contributed by atoms with Crippen molar-refractivity contribution < 1.29 is 39.6 Å². The lowest BCUT2D eigenvalue weighted by Crippen LogP contribution is -2.67. The van der Waals surface area contributed by atoms with Crippen molar-refractivity contribution in [2.75, 3.05) is 13.2 Å². The van der Waals surface area contributed by atoms with Crippen molar-refractivity contribution in [2.24, 2.45) is 10.8 Å². The molecule has 15 heteroatoms. The lowest BCUT2D eigenvalue weighted by atomic mass is 9.91. The van der Waals surface area contributed by atoms with Crippen molar-refractivity contribution in [3.63, 3.8) is 0 Å². The van der Waals surface area contributed by atoms with E-state index in [1.807, 2.05) is 0 Å². The Bertz CT molecular complexity index is 845. The fourth-order valence-corrected chi connectivity index (χ4v) is 28.3. The van der Waals surface area contributed by atoms with E-state index < -0.39 is 50.9 Å². The molecule has 0 radical (unpaired) electrons. The molecule has 0 aromatic heterocycles. The molecule has 0 aliphatic heterocycles. The van der Waals surface area contributed by atoms with Crippen LogP contribution in [0.3, 0.4) is 0 Å². The molecule has 0 N–H and O–H groups in total. The number of hydrogen-bond acceptors (Lipinski definition) is 9. The van der Waals surface area contributed by atoms with E-state index in [0.717, 1.165) is 12.8 Å². The Balaban J connectivity index is 6.49. The SMILES string of the molecule is CC(C)(C)CCC(=O)OCCC[Si](O[Si](C)(C)C)(O[Si](C)(C)C)O[Si](CCCOC(=O)CCC(C)(C)C)(O[Si](C)(C)C)O[Si](C)(C)C. The Morgan fingerprint density at radius 2 is 0.702 bits per heavy atom. The van der Waals surface area contributed by atoms with Crippen LogP contribution in [0, 0.1) is 10.8 Å². The summed E-state index contributed by atoms with van der Waals surface area (Å²) in [4.78, 5) is 25.1. The summed E-state index contributed by atoms with van der Waals surface area (Å²) in [6, 6.07) is 0.990. The fraction of sp³-hybridized carbons (Fsp3) is 0.938. The van der Waals surface area contributed by atoms with Gasteiger partial charge in [-0.25, -0.2) is 0 Å². The van der Waals surface area contributed by atoms with E-state index in [1.165, 1.54) is 0 Å². The van der Waals surface area contributed by atoms with Gasteiger partial charge < -0.3 is 30.0 Å². The Morgan fingerprint density at radius 3 is 0.915 bits per heavy atom. The Labute approximate surface area is 296 Å². The summed E-state index contributed by atoms with van der Waals surface area (Å²) in [6.07, 6.45) is 3.44. The molecule has 0 aromatic carbocycles. The predicted octanol–water partition coefficient (Wildman–Crippen LogP) is 9.81. The maximum absolute atomic E-state index is 12.5. The van der Waals surface area contributed by atoms with E-state index in [1.54, 1.807) is 0 Å². The van der Waals surface area contributed by atoms with Gasteiger partial charge in [-0.3, -0.25) is 9.59 Å². The molecule has 0 saturated heterocycles. The van der Waals surface area contributed by atoms with Crippen LogP contribution in [0.5, 0.6) is 0 Å². The second kappa shape index (κ2) is 18.5. The highest BCUT2D eigenvalue weighted by Gasteiger charge is 2.58. The standard InChI is InChI=1S/C32H74O9Si6/c1-31(2,3)23-21-29(33)35-25-19-27-46(37-42(7,8)9,38-43(10,11)12)41-47(39-44(13,14)15,40-45(16,17)18)28-20-26-36-30(34)22-24-32(4,5)6/h19-28H2,1-18H3. The quantitative estimate of drug-likeness (QED) is 0.0605. The highest BCUT2D eigenvalue weighted by atomic mass is 28.5. The summed E-state index contributed by atoms with van der Waals surface area (Å²) >= 11 is 0. The molecule has 0 fully saturated rings. The van der Waals surface area contributed by atoms with Gasteiger partial charge in [0.25, 0.3) is 0 Å². The van der Waals surface area contributed by atoms with Crippen LogP contribution < -0.4 is 0 Å². The molecule has 0 aliphatic carbocycles.